The van der Waals surface area contributed by atoms with Crippen molar-refractivity contribution in [2.24, 2.45) is 5.92 Å². The highest BCUT2D eigenvalue weighted by atomic mass is 35.5. The number of nitrogens with one attached hydrogen (secondary N) is 1. The molecule has 1 rings (SSSR count). The highest BCUT2D eigenvalue weighted by Gasteiger charge is 2.15. The van der Waals surface area contributed by atoms with Gasteiger partial charge in [-0.25, -0.2) is 0 Å². The molecule has 5 nitrogen and oxygen atoms in total. The van der Waals surface area contributed by atoms with Gasteiger partial charge in [-0.15, -0.1) is 0 Å². The van der Waals surface area contributed by atoms with E-state index in [9.17, 15) is 4.79 Å². The molecule has 0 bridgehead atoms. The number of carbonyl (C=O) groups is 1. The Hall–Kier alpha value is -1.62. The second kappa shape index (κ2) is 7.85. The van der Waals surface area contributed by atoms with Gasteiger partial charge in [-0.3, -0.25) is 4.79 Å². The summed E-state index contributed by atoms with van der Waals surface area (Å²) >= 11 is 6.03. The van der Waals surface area contributed by atoms with E-state index in [1.54, 1.807) is 40.2 Å². The molecule has 0 spiro atoms. The lowest BCUT2D eigenvalue weighted by Crippen LogP contribution is -2.22. The van der Waals surface area contributed by atoms with E-state index in [2.05, 4.69) is 5.32 Å². The maximum Gasteiger partial charge on any atom is 0.310 e. The van der Waals surface area contributed by atoms with Gasteiger partial charge in [-0.2, -0.15) is 0 Å². The van der Waals surface area contributed by atoms with Crippen LogP contribution < -0.4 is 14.8 Å². The molecular weight excluding hydrogens is 282 g/mol. The van der Waals surface area contributed by atoms with Crippen LogP contribution in [0.3, 0.4) is 0 Å². The third-order valence-electron chi connectivity index (χ3n) is 2.76. The predicted molar refractivity (Wildman–Crippen MR) is 78.8 cm³/mol. The Bertz CT molecular complexity index is 465. The first-order valence-electron chi connectivity index (χ1n) is 6.35. The van der Waals surface area contributed by atoms with Gasteiger partial charge in [-0.05, 0) is 6.92 Å². The van der Waals surface area contributed by atoms with Crippen molar-refractivity contribution in [3.63, 3.8) is 0 Å². The molecule has 1 aromatic rings. The van der Waals surface area contributed by atoms with Crippen molar-refractivity contribution in [2.75, 3.05) is 32.7 Å². The maximum absolute atomic E-state index is 11.6. The average Bonchev–Trinajstić information content (AvgIpc) is 2.45. The topological polar surface area (TPSA) is 56.8 Å². The van der Waals surface area contributed by atoms with Crippen LogP contribution >= 0.6 is 11.6 Å². The highest BCUT2D eigenvalue weighted by molar-refractivity contribution is 6.32. The number of benzene rings is 1. The summed E-state index contributed by atoms with van der Waals surface area (Å²) in [7, 11) is 3.09. The largest absolute Gasteiger partial charge is 0.495 e. The Morgan fingerprint density at radius 2 is 1.95 bits per heavy atom. The van der Waals surface area contributed by atoms with Crippen molar-refractivity contribution >= 4 is 23.3 Å². The van der Waals surface area contributed by atoms with E-state index in [0.29, 0.717) is 35.4 Å². The summed E-state index contributed by atoms with van der Waals surface area (Å²) in [6.45, 7) is 4.39. The third kappa shape index (κ3) is 4.20. The van der Waals surface area contributed by atoms with E-state index in [1.165, 1.54) is 0 Å². The molecule has 1 aromatic carbocycles. The van der Waals surface area contributed by atoms with Gasteiger partial charge in [0.25, 0.3) is 0 Å². The van der Waals surface area contributed by atoms with Crippen molar-refractivity contribution in [1.82, 2.24) is 0 Å². The number of anilines is 1. The van der Waals surface area contributed by atoms with Crippen LogP contribution in [-0.4, -0.2) is 33.3 Å². The zero-order valence-electron chi connectivity index (χ0n) is 12.2. The van der Waals surface area contributed by atoms with Crippen molar-refractivity contribution in [2.45, 2.75) is 13.8 Å². The summed E-state index contributed by atoms with van der Waals surface area (Å²) in [5, 5.41) is 3.61. The molecule has 0 amide bonds. The summed E-state index contributed by atoms with van der Waals surface area (Å²) in [5.74, 6) is 0.631. The van der Waals surface area contributed by atoms with Crippen LogP contribution in [0.2, 0.25) is 5.02 Å². The standard InChI is InChI=1S/C14H20ClNO4/c1-5-20-14(17)9(2)8-16-11-7-12(18-3)10(15)6-13(11)19-4/h6-7,9,16H,5,8H2,1-4H3. The molecule has 1 N–H and O–H groups in total. The Morgan fingerprint density at radius 1 is 1.30 bits per heavy atom. The van der Waals surface area contributed by atoms with Crippen LogP contribution in [-0.2, 0) is 9.53 Å². The SMILES string of the molecule is CCOC(=O)C(C)CNc1cc(OC)c(Cl)cc1OC. The molecule has 1 unspecified atom stereocenters. The maximum atomic E-state index is 11.6. The number of hydrogen-bond acceptors (Lipinski definition) is 5. The molecule has 0 aliphatic heterocycles. The Kier molecular flexibility index (Phi) is 6.45. The first kappa shape index (κ1) is 16.4. The predicted octanol–water partition coefficient (Wildman–Crippen LogP) is 2.97. The van der Waals surface area contributed by atoms with Crippen LogP contribution in [0.25, 0.3) is 0 Å². The van der Waals surface area contributed by atoms with E-state index >= 15 is 0 Å². The lowest BCUT2D eigenvalue weighted by atomic mass is 10.1. The molecule has 0 aliphatic carbocycles. The molecule has 0 aliphatic rings. The number of carbonyl (C=O) groups excluding carboxylic acids is 1. The van der Waals surface area contributed by atoms with E-state index in [0.717, 1.165) is 0 Å². The van der Waals surface area contributed by atoms with Crippen LogP contribution in [0.5, 0.6) is 11.5 Å². The molecule has 0 heterocycles. The van der Waals surface area contributed by atoms with E-state index < -0.39 is 0 Å². The molecule has 1 atom stereocenters. The second-order valence-electron chi connectivity index (χ2n) is 4.22. The van der Waals surface area contributed by atoms with Crippen LogP contribution in [0, 0.1) is 5.92 Å². The fourth-order valence-corrected chi connectivity index (χ4v) is 1.86. The Balaban J connectivity index is 2.78. The third-order valence-corrected chi connectivity index (χ3v) is 3.06. The van der Waals surface area contributed by atoms with E-state index in [1.807, 2.05) is 0 Å². The van der Waals surface area contributed by atoms with E-state index in [4.69, 9.17) is 25.8 Å². The van der Waals surface area contributed by atoms with Crippen LogP contribution in [0.4, 0.5) is 5.69 Å². The second-order valence-corrected chi connectivity index (χ2v) is 4.63. The van der Waals surface area contributed by atoms with Gasteiger partial charge in [0.2, 0.25) is 0 Å². The number of methoxy groups -OCH3 is 2. The van der Waals surface area contributed by atoms with Gasteiger partial charge < -0.3 is 19.5 Å². The molecule has 0 fully saturated rings. The highest BCUT2D eigenvalue weighted by Crippen LogP contribution is 2.35. The molecule has 112 valence electrons. The summed E-state index contributed by atoms with van der Waals surface area (Å²) < 4.78 is 15.4. The lowest BCUT2D eigenvalue weighted by Gasteiger charge is -2.16. The average molecular weight is 302 g/mol. The lowest BCUT2D eigenvalue weighted by molar-refractivity contribution is -0.146. The molecule has 0 radical (unpaired) electrons. The first-order chi connectivity index (χ1) is 9.53. The van der Waals surface area contributed by atoms with Gasteiger partial charge >= 0.3 is 5.97 Å². The van der Waals surface area contributed by atoms with Gasteiger partial charge in [0.05, 0.1) is 37.5 Å². The first-order valence-corrected chi connectivity index (χ1v) is 6.73. The minimum atomic E-state index is -0.263. The zero-order valence-corrected chi connectivity index (χ0v) is 12.9. The number of esters is 1. The molecular formula is C14H20ClNO4. The fourth-order valence-electron chi connectivity index (χ4n) is 1.63. The van der Waals surface area contributed by atoms with Crippen molar-refractivity contribution in [1.29, 1.82) is 0 Å². The fraction of sp³-hybridized carbons (Fsp3) is 0.500. The Morgan fingerprint density at radius 3 is 2.50 bits per heavy atom. The van der Waals surface area contributed by atoms with Crippen molar-refractivity contribution < 1.29 is 19.0 Å². The summed E-state index contributed by atoms with van der Waals surface area (Å²) in [5.41, 5.74) is 0.713. The molecule has 0 saturated carbocycles. The van der Waals surface area contributed by atoms with Crippen LogP contribution in [0.15, 0.2) is 12.1 Å². The number of hydrogen-bond donors (Lipinski definition) is 1. The van der Waals surface area contributed by atoms with Gasteiger partial charge in [0.1, 0.15) is 11.5 Å². The Labute approximate surface area is 124 Å². The summed E-state index contributed by atoms with van der Waals surface area (Å²) in [4.78, 5) is 11.6. The van der Waals surface area contributed by atoms with Crippen LogP contribution in [0.1, 0.15) is 13.8 Å². The van der Waals surface area contributed by atoms with Gasteiger partial charge in [-0.1, -0.05) is 18.5 Å². The normalized spacial score (nSPS) is 11.7. The minimum Gasteiger partial charge on any atom is -0.495 e. The molecule has 0 saturated heterocycles. The van der Waals surface area contributed by atoms with Gasteiger partial charge in [0, 0.05) is 18.7 Å². The minimum absolute atomic E-state index is 0.236. The quantitative estimate of drug-likeness (QED) is 0.785. The van der Waals surface area contributed by atoms with Gasteiger partial charge in [0.15, 0.2) is 0 Å². The van der Waals surface area contributed by atoms with Crippen molar-refractivity contribution in [3.05, 3.63) is 17.2 Å². The monoisotopic (exact) mass is 301 g/mol. The summed E-state index contributed by atoms with van der Waals surface area (Å²) in [6.07, 6.45) is 0. The van der Waals surface area contributed by atoms with E-state index in [-0.39, 0.29) is 11.9 Å². The molecule has 20 heavy (non-hydrogen) atoms. The van der Waals surface area contributed by atoms with Crippen molar-refractivity contribution in [3.8, 4) is 11.5 Å². The number of rotatable bonds is 7. The zero-order chi connectivity index (χ0) is 15.1. The molecule has 0 aromatic heterocycles. The number of halogens is 1. The molecule has 6 heteroatoms. The number of ether oxygens (including phenoxy) is 3. The summed E-state index contributed by atoms with van der Waals surface area (Å²) in [6, 6.07) is 3.40. The smallest absolute Gasteiger partial charge is 0.310 e.